The molecule has 6 nitrogen and oxygen atoms in total. The van der Waals surface area contributed by atoms with Crippen LogP contribution in [0.4, 0.5) is 5.69 Å². The summed E-state index contributed by atoms with van der Waals surface area (Å²) < 4.78 is 1.74. The van der Waals surface area contributed by atoms with Gasteiger partial charge in [0.05, 0.1) is 18.7 Å². The Kier molecular flexibility index (Phi) is 5.30. The van der Waals surface area contributed by atoms with Gasteiger partial charge in [0.2, 0.25) is 11.8 Å². The number of amides is 2. The maximum atomic E-state index is 12.4. The Bertz CT molecular complexity index is 721. The molecule has 0 saturated carbocycles. The molecule has 0 spiro atoms. The number of benzene rings is 1. The van der Waals surface area contributed by atoms with E-state index in [0.717, 1.165) is 11.3 Å². The molecule has 0 saturated heterocycles. The normalized spacial score (nSPS) is 10.2. The first kappa shape index (κ1) is 16.5. The van der Waals surface area contributed by atoms with E-state index in [4.69, 9.17) is 0 Å². The molecule has 0 aliphatic carbocycles. The lowest BCUT2D eigenvalue weighted by Gasteiger charge is -2.18. The highest BCUT2D eigenvalue weighted by Gasteiger charge is 2.14. The number of carbonyl (C=O) groups is 2. The van der Waals surface area contributed by atoms with Gasteiger partial charge in [0.15, 0.2) is 0 Å². The van der Waals surface area contributed by atoms with Crippen molar-refractivity contribution in [3.8, 4) is 0 Å². The van der Waals surface area contributed by atoms with Gasteiger partial charge in [-0.1, -0.05) is 24.8 Å². The Hall–Kier alpha value is -2.89. The summed E-state index contributed by atoms with van der Waals surface area (Å²) in [5.74, 6) is -0.334. The standard InChI is InChI=1S/C17H20N4O2/c1-4-16(22)19-15-8-6-5-7-13(15)11-17(23)20(2)12-14-9-10-18-21(14)3/h4-10H,1,11-12H2,2-3H3,(H,19,22). The van der Waals surface area contributed by atoms with Crippen LogP contribution in [0, 0.1) is 0 Å². The molecule has 120 valence electrons. The van der Waals surface area contributed by atoms with E-state index in [9.17, 15) is 9.59 Å². The van der Waals surface area contributed by atoms with Gasteiger partial charge in [-0.05, 0) is 23.8 Å². The van der Waals surface area contributed by atoms with Crippen LogP contribution >= 0.6 is 0 Å². The van der Waals surface area contributed by atoms with E-state index in [1.165, 1.54) is 6.08 Å². The number of aryl methyl sites for hydroxylation is 1. The molecule has 2 aromatic rings. The van der Waals surface area contributed by atoms with Crippen molar-refractivity contribution in [2.45, 2.75) is 13.0 Å². The Balaban J connectivity index is 2.06. The molecule has 0 bridgehead atoms. The highest BCUT2D eigenvalue weighted by Crippen LogP contribution is 2.17. The van der Waals surface area contributed by atoms with Crippen LogP contribution in [0.3, 0.4) is 0 Å². The fraction of sp³-hybridized carbons (Fsp3) is 0.235. The second-order valence-corrected chi connectivity index (χ2v) is 5.22. The molecule has 23 heavy (non-hydrogen) atoms. The summed E-state index contributed by atoms with van der Waals surface area (Å²) in [6.07, 6.45) is 3.11. The number of hydrogen-bond acceptors (Lipinski definition) is 3. The number of likely N-dealkylation sites (N-methyl/N-ethyl adjacent to an activating group) is 1. The predicted octanol–water partition coefficient (Wildman–Crippen LogP) is 1.75. The number of carbonyl (C=O) groups excluding carboxylic acids is 2. The minimum atomic E-state index is -0.298. The first-order valence-corrected chi connectivity index (χ1v) is 7.23. The second kappa shape index (κ2) is 7.40. The van der Waals surface area contributed by atoms with E-state index >= 15 is 0 Å². The van der Waals surface area contributed by atoms with Gasteiger partial charge in [-0.2, -0.15) is 5.10 Å². The molecule has 0 fully saturated rings. The maximum absolute atomic E-state index is 12.4. The molecule has 0 atom stereocenters. The molecule has 0 aliphatic rings. The quantitative estimate of drug-likeness (QED) is 0.826. The monoisotopic (exact) mass is 312 g/mol. The lowest BCUT2D eigenvalue weighted by Crippen LogP contribution is -2.29. The summed E-state index contributed by atoms with van der Waals surface area (Å²) >= 11 is 0. The van der Waals surface area contributed by atoms with E-state index in [-0.39, 0.29) is 18.2 Å². The topological polar surface area (TPSA) is 67.2 Å². The molecular weight excluding hydrogens is 292 g/mol. The zero-order valence-electron chi connectivity index (χ0n) is 13.3. The molecule has 1 heterocycles. The van der Waals surface area contributed by atoms with Gasteiger partial charge >= 0.3 is 0 Å². The Morgan fingerprint density at radius 1 is 1.35 bits per heavy atom. The third-order valence-electron chi connectivity index (χ3n) is 3.55. The molecule has 1 N–H and O–H groups in total. The van der Waals surface area contributed by atoms with Crippen LogP contribution in [0.25, 0.3) is 0 Å². The van der Waals surface area contributed by atoms with Gasteiger partial charge in [-0.25, -0.2) is 0 Å². The highest BCUT2D eigenvalue weighted by atomic mass is 16.2. The Labute approximate surface area is 135 Å². The summed E-state index contributed by atoms with van der Waals surface area (Å²) in [7, 11) is 3.59. The van der Waals surface area contributed by atoms with Gasteiger partial charge in [-0.15, -0.1) is 0 Å². The van der Waals surface area contributed by atoms with Gasteiger partial charge in [0.1, 0.15) is 0 Å². The van der Waals surface area contributed by atoms with Gasteiger partial charge in [-0.3, -0.25) is 14.3 Å². The van der Waals surface area contributed by atoms with Crippen LogP contribution in [0.2, 0.25) is 0 Å². The van der Waals surface area contributed by atoms with Crippen molar-refractivity contribution in [3.63, 3.8) is 0 Å². The molecular formula is C17H20N4O2. The largest absolute Gasteiger partial charge is 0.340 e. The molecule has 0 radical (unpaired) electrons. The van der Waals surface area contributed by atoms with Crippen LogP contribution < -0.4 is 5.32 Å². The van der Waals surface area contributed by atoms with E-state index in [1.807, 2.05) is 31.3 Å². The summed E-state index contributed by atoms with van der Waals surface area (Å²) in [6, 6.07) is 9.13. The number of nitrogens with zero attached hydrogens (tertiary/aromatic N) is 3. The molecule has 0 unspecified atom stereocenters. The molecule has 0 aliphatic heterocycles. The van der Waals surface area contributed by atoms with Crippen LogP contribution in [0.1, 0.15) is 11.3 Å². The lowest BCUT2D eigenvalue weighted by molar-refractivity contribution is -0.129. The maximum Gasteiger partial charge on any atom is 0.247 e. The van der Waals surface area contributed by atoms with Crippen LogP contribution in [-0.4, -0.2) is 33.5 Å². The third kappa shape index (κ3) is 4.29. The van der Waals surface area contributed by atoms with E-state index < -0.39 is 0 Å². The van der Waals surface area contributed by atoms with Crippen molar-refractivity contribution in [1.29, 1.82) is 0 Å². The first-order chi connectivity index (χ1) is 11.0. The predicted molar refractivity (Wildman–Crippen MR) is 88.7 cm³/mol. The number of rotatable bonds is 6. The van der Waals surface area contributed by atoms with Crippen molar-refractivity contribution < 1.29 is 9.59 Å². The second-order valence-electron chi connectivity index (χ2n) is 5.22. The lowest BCUT2D eigenvalue weighted by atomic mass is 10.1. The molecule has 2 rings (SSSR count). The van der Waals surface area contributed by atoms with Crippen LogP contribution in [-0.2, 0) is 29.6 Å². The van der Waals surface area contributed by atoms with E-state index in [1.54, 1.807) is 28.9 Å². The van der Waals surface area contributed by atoms with Gasteiger partial charge in [0.25, 0.3) is 0 Å². The van der Waals surface area contributed by atoms with E-state index in [0.29, 0.717) is 12.2 Å². The summed E-state index contributed by atoms with van der Waals surface area (Å²) in [5.41, 5.74) is 2.35. The zero-order valence-corrected chi connectivity index (χ0v) is 13.3. The van der Waals surface area contributed by atoms with Crippen LogP contribution in [0.15, 0.2) is 49.2 Å². The Morgan fingerprint density at radius 3 is 2.74 bits per heavy atom. The highest BCUT2D eigenvalue weighted by molar-refractivity contribution is 5.99. The van der Waals surface area contributed by atoms with Crippen molar-refractivity contribution in [2.75, 3.05) is 12.4 Å². The van der Waals surface area contributed by atoms with Crippen molar-refractivity contribution in [3.05, 3.63) is 60.4 Å². The minimum Gasteiger partial charge on any atom is -0.340 e. The van der Waals surface area contributed by atoms with Gasteiger partial charge in [0, 0.05) is 26.0 Å². The van der Waals surface area contributed by atoms with Crippen molar-refractivity contribution in [1.82, 2.24) is 14.7 Å². The summed E-state index contributed by atoms with van der Waals surface area (Å²) in [4.78, 5) is 25.5. The number of aromatic nitrogens is 2. The number of hydrogen-bond donors (Lipinski definition) is 1. The van der Waals surface area contributed by atoms with Crippen molar-refractivity contribution >= 4 is 17.5 Å². The average Bonchev–Trinajstić information content (AvgIpc) is 2.94. The Morgan fingerprint density at radius 2 is 2.09 bits per heavy atom. The fourth-order valence-corrected chi connectivity index (χ4v) is 2.17. The number of para-hydroxylation sites is 1. The molecule has 6 heteroatoms. The summed E-state index contributed by atoms with van der Waals surface area (Å²) in [6.45, 7) is 3.91. The van der Waals surface area contributed by atoms with Crippen molar-refractivity contribution in [2.24, 2.45) is 7.05 Å². The summed E-state index contributed by atoms with van der Waals surface area (Å²) in [5, 5.41) is 6.81. The smallest absolute Gasteiger partial charge is 0.247 e. The third-order valence-corrected chi connectivity index (χ3v) is 3.55. The molecule has 1 aromatic heterocycles. The SMILES string of the molecule is C=CC(=O)Nc1ccccc1CC(=O)N(C)Cc1ccnn1C. The fourth-order valence-electron chi connectivity index (χ4n) is 2.17. The molecule has 1 aromatic carbocycles. The number of nitrogens with one attached hydrogen (secondary N) is 1. The van der Waals surface area contributed by atoms with Crippen LogP contribution in [0.5, 0.6) is 0 Å². The van der Waals surface area contributed by atoms with E-state index in [2.05, 4.69) is 17.0 Å². The molecule has 2 amide bonds. The average molecular weight is 312 g/mol. The zero-order chi connectivity index (χ0) is 16.8. The van der Waals surface area contributed by atoms with Gasteiger partial charge < -0.3 is 10.2 Å². The minimum absolute atomic E-state index is 0.0356. The first-order valence-electron chi connectivity index (χ1n) is 7.23. The number of anilines is 1.